The van der Waals surface area contributed by atoms with Gasteiger partial charge in [-0.05, 0) is 31.0 Å². The Morgan fingerprint density at radius 2 is 2.27 bits per heavy atom. The highest BCUT2D eigenvalue weighted by Crippen LogP contribution is 2.17. The molecule has 0 radical (unpaired) electrons. The number of hydrogen-bond acceptors (Lipinski definition) is 3. The molecule has 1 amide bonds. The number of aromatic nitrogens is 1. The summed E-state index contributed by atoms with van der Waals surface area (Å²) in [7, 11) is 0. The first kappa shape index (κ1) is 15.2. The van der Waals surface area contributed by atoms with Crippen LogP contribution >= 0.6 is 15.9 Å². The third-order valence-electron chi connectivity index (χ3n) is 3.81. The molecule has 3 rings (SSSR count). The normalized spacial score (nSPS) is 17.8. The molecule has 116 valence electrons. The zero-order valence-corrected chi connectivity index (χ0v) is 13.6. The Bertz CT molecular complexity index is 751. The van der Waals surface area contributed by atoms with Gasteiger partial charge in [-0.3, -0.25) is 9.59 Å². The fourth-order valence-corrected chi connectivity index (χ4v) is 3.01. The van der Waals surface area contributed by atoms with E-state index < -0.39 is 0 Å². The predicted octanol–water partition coefficient (Wildman–Crippen LogP) is 2.06. The molecule has 1 saturated heterocycles. The number of fused-ring (bicyclic) bond motifs is 1. The summed E-state index contributed by atoms with van der Waals surface area (Å²) in [6, 6.07) is 6.93. The molecule has 1 aromatic heterocycles. The van der Waals surface area contributed by atoms with Crippen molar-refractivity contribution in [3.05, 3.63) is 45.2 Å². The third kappa shape index (κ3) is 3.39. The second-order valence-corrected chi connectivity index (χ2v) is 6.32. The van der Waals surface area contributed by atoms with Crippen molar-refractivity contribution in [2.45, 2.75) is 25.5 Å². The molecule has 0 aliphatic carbocycles. The quantitative estimate of drug-likeness (QED) is 0.903. The highest BCUT2D eigenvalue weighted by atomic mass is 79.9. The lowest BCUT2D eigenvalue weighted by atomic mass is 10.2. The van der Waals surface area contributed by atoms with E-state index in [1.807, 2.05) is 12.1 Å². The van der Waals surface area contributed by atoms with E-state index in [1.54, 1.807) is 16.8 Å². The molecule has 1 fully saturated rings. The number of nitrogens with one attached hydrogen (secondary N) is 1. The average Bonchev–Trinajstić information content (AvgIpc) is 3.01. The Kier molecular flexibility index (Phi) is 4.59. The molecule has 6 heteroatoms. The fraction of sp³-hybridized carbons (Fsp3) is 0.375. The summed E-state index contributed by atoms with van der Waals surface area (Å²) >= 11 is 3.40. The molecule has 2 aromatic rings. The van der Waals surface area contributed by atoms with Gasteiger partial charge in [-0.15, -0.1) is 0 Å². The van der Waals surface area contributed by atoms with Crippen LogP contribution in [0.1, 0.15) is 12.8 Å². The van der Waals surface area contributed by atoms with Gasteiger partial charge in [0.2, 0.25) is 5.91 Å². The van der Waals surface area contributed by atoms with Crippen molar-refractivity contribution >= 4 is 32.7 Å². The summed E-state index contributed by atoms with van der Waals surface area (Å²) in [5.41, 5.74) is 0.702. The third-order valence-corrected chi connectivity index (χ3v) is 4.30. The van der Waals surface area contributed by atoms with Gasteiger partial charge in [-0.2, -0.15) is 0 Å². The van der Waals surface area contributed by atoms with Gasteiger partial charge in [0.1, 0.15) is 6.54 Å². The van der Waals surface area contributed by atoms with Crippen molar-refractivity contribution in [2.75, 3.05) is 13.2 Å². The Hall–Kier alpha value is -1.66. The Balaban J connectivity index is 1.75. The van der Waals surface area contributed by atoms with Crippen LogP contribution in [0.4, 0.5) is 0 Å². The van der Waals surface area contributed by atoms with Crippen LogP contribution in [0.3, 0.4) is 0 Å². The molecule has 1 aliphatic heterocycles. The largest absolute Gasteiger partial charge is 0.376 e. The van der Waals surface area contributed by atoms with E-state index in [2.05, 4.69) is 21.2 Å². The van der Waals surface area contributed by atoms with E-state index >= 15 is 0 Å². The van der Waals surface area contributed by atoms with E-state index in [-0.39, 0.29) is 24.0 Å². The lowest BCUT2D eigenvalue weighted by Crippen LogP contribution is -2.34. The van der Waals surface area contributed by atoms with Crippen LogP contribution in [0.2, 0.25) is 0 Å². The molecular formula is C16H17BrN2O3. The van der Waals surface area contributed by atoms with Crippen LogP contribution in [0.15, 0.2) is 39.7 Å². The Labute approximate surface area is 136 Å². The maximum Gasteiger partial charge on any atom is 0.240 e. The summed E-state index contributed by atoms with van der Waals surface area (Å²) in [5, 5.41) is 3.50. The summed E-state index contributed by atoms with van der Waals surface area (Å²) in [4.78, 5) is 24.0. The van der Waals surface area contributed by atoms with Crippen LogP contribution in [0, 0.1) is 0 Å². The fourth-order valence-electron chi connectivity index (χ4n) is 2.66. The minimum absolute atomic E-state index is 0.0430. The maximum atomic E-state index is 12.1. The Morgan fingerprint density at radius 3 is 3.05 bits per heavy atom. The average molecular weight is 365 g/mol. The molecule has 5 nitrogen and oxygen atoms in total. The number of amides is 1. The molecule has 1 unspecified atom stereocenters. The van der Waals surface area contributed by atoms with Gasteiger partial charge in [0.25, 0.3) is 0 Å². The second kappa shape index (κ2) is 6.62. The first-order chi connectivity index (χ1) is 10.6. The van der Waals surface area contributed by atoms with E-state index in [9.17, 15) is 9.59 Å². The lowest BCUT2D eigenvalue weighted by molar-refractivity contribution is -0.122. The van der Waals surface area contributed by atoms with Crippen molar-refractivity contribution in [2.24, 2.45) is 0 Å². The number of benzene rings is 1. The first-order valence-electron chi connectivity index (χ1n) is 7.30. The lowest BCUT2D eigenvalue weighted by Gasteiger charge is -2.13. The summed E-state index contributed by atoms with van der Waals surface area (Å²) in [6.45, 7) is 1.50. The maximum absolute atomic E-state index is 12.1. The molecule has 2 heterocycles. The number of nitrogens with zero attached hydrogens (tertiary/aromatic N) is 1. The van der Waals surface area contributed by atoms with Crippen LogP contribution in [0.5, 0.6) is 0 Å². The molecule has 0 spiro atoms. The monoisotopic (exact) mass is 364 g/mol. The van der Waals surface area contributed by atoms with Crippen LogP contribution in [-0.4, -0.2) is 29.7 Å². The number of hydrogen-bond donors (Lipinski definition) is 1. The molecule has 0 saturated carbocycles. The van der Waals surface area contributed by atoms with Gasteiger partial charge in [0.05, 0.1) is 11.6 Å². The predicted molar refractivity (Wildman–Crippen MR) is 87.9 cm³/mol. The van der Waals surface area contributed by atoms with Gasteiger partial charge in [0.15, 0.2) is 5.43 Å². The molecule has 1 atom stereocenters. The SMILES string of the molecule is O=C(Cn1ccc(=O)c2ccc(Br)cc21)NCC1CCCO1. The van der Waals surface area contributed by atoms with Crippen LogP contribution < -0.4 is 10.7 Å². The number of halogens is 1. The van der Waals surface area contributed by atoms with E-state index in [0.29, 0.717) is 11.9 Å². The minimum atomic E-state index is -0.0829. The molecule has 1 aromatic carbocycles. The number of pyridine rings is 1. The summed E-state index contributed by atoms with van der Waals surface area (Å²) < 4.78 is 8.14. The molecule has 0 bridgehead atoms. The van der Waals surface area contributed by atoms with Crippen molar-refractivity contribution in [3.8, 4) is 0 Å². The van der Waals surface area contributed by atoms with Crippen molar-refractivity contribution in [1.82, 2.24) is 9.88 Å². The zero-order chi connectivity index (χ0) is 15.5. The van der Waals surface area contributed by atoms with Crippen molar-refractivity contribution in [1.29, 1.82) is 0 Å². The van der Waals surface area contributed by atoms with E-state index in [0.717, 1.165) is 29.4 Å². The van der Waals surface area contributed by atoms with E-state index in [4.69, 9.17) is 4.74 Å². The number of carbonyl (C=O) groups excluding carboxylic acids is 1. The molecule has 22 heavy (non-hydrogen) atoms. The van der Waals surface area contributed by atoms with Gasteiger partial charge in [-0.25, -0.2) is 0 Å². The first-order valence-corrected chi connectivity index (χ1v) is 8.10. The number of rotatable bonds is 4. The highest BCUT2D eigenvalue weighted by Gasteiger charge is 2.16. The number of ether oxygens (including phenoxy) is 1. The van der Waals surface area contributed by atoms with Gasteiger partial charge in [0, 0.05) is 35.3 Å². The van der Waals surface area contributed by atoms with Gasteiger partial charge in [-0.1, -0.05) is 15.9 Å². The highest BCUT2D eigenvalue weighted by molar-refractivity contribution is 9.10. The summed E-state index contributed by atoms with van der Waals surface area (Å²) in [5.74, 6) is -0.0829. The van der Waals surface area contributed by atoms with Gasteiger partial charge >= 0.3 is 0 Å². The topological polar surface area (TPSA) is 60.3 Å². The Morgan fingerprint density at radius 1 is 1.41 bits per heavy atom. The van der Waals surface area contributed by atoms with E-state index in [1.165, 1.54) is 6.07 Å². The van der Waals surface area contributed by atoms with Crippen molar-refractivity contribution < 1.29 is 9.53 Å². The second-order valence-electron chi connectivity index (χ2n) is 5.41. The molecule has 1 aliphatic rings. The van der Waals surface area contributed by atoms with Crippen molar-refractivity contribution in [3.63, 3.8) is 0 Å². The molecular weight excluding hydrogens is 348 g/mol. The number of carbonyl (C=O) groups is 1. The van der Waals surface area contributed by atoms with Crippen LogP contribution in [-0.2, 0) is 16.1 Å². The standard InChI is InChI=1S/C16H17BrN2O3/c17-11-3-4-13-14(8-11)19(6-5-15(13)20)10-16(21)18-9-12-2-1-7-22-12/h3-6,8,12H,1-2,7,9-10H2,(H,18,21). The van der Waals surface area contributed by atoms with Crippen LogP contribution in [0.25, 0.3) is 10.9 Å². The minimum Gasteiger partial charge on any atom is -0.376 e. The summed E-state index contributed by atoms with van der Waals surface area (Å²) in [6.07, 6.45) is 3.83. The smallest absolute Gasteiger partial charge is 0.240 e. The van der Waals surface area contributed by atoms with Gasteiger partial charge < -0.3 is 14.6 Å². The molecule has 1 N–H and O–H groups in total. The zero-order valence-electron chi connectivity index (χ0n) is 12.0.